The van der Waals surface area contributed by atoms with E-state index in [0.717, 1.165) is 17.1 Å². The largest absolute Gasteiger partial charge is 0.361 e. The van der Waals surface area contributed by atoms with E-state index in [1.807, 2.05) is 24.3 Å². The number of ketones is 1. The molecule has 0 bridgehead atoms. The molecule has 1 aromatic heterocycles. The first-order valence-corrected chi connectivity index (χ1v) is 4.50. The first kappa shape index (κ1) is 9.37. The average Bonchev–Trinajstić information content (AvgIpc) is 2.57. The Morgan fingerprint density at radius 1 is 1.47 bits per heavy atom. The lowest BCUT2D eigenvalue weighted by molar-refractivity contribution is 0.00227. The molecule has 0 aliphatic carbocycles. The summed E-state index contributed by atoms with van der Waals surface area (Å²) in [5, 5.41) is 0.995. The van der Waals surface area contributed by atoms with Gasteiger partial charge in [-0.05, 0) is 12.1 Å². The summed E-state index contributed by atoms with van der Waals surface area (Å²) in [4.78, 5) is 14.2. The zero-order valence-corrected chi connectivity index (χ0v) is 8.21. The van der Waals surface area contributed by atoms with Crippen molar-refractivity contribution in [3.63, 3.8) is 0 Å². The van der Waals surface area contributed by atoms with Crippen LogP contribution in [0.2, 0.25) is 0 Å². The van der Waals surface area contributed by atoms with E-state index < -0.39 is 0 Å². The Morgan fingerprint density at radius 3 is 2.87 bits per heavy atom. The first-order chi connectivity index (χ1) is 7.24. The van der Waals surface area contributed by atoms with Crippen LogP contribution in [0.1, 0.15) is 10.5 Å². The van der Waals surface area contributed by atoms with E-state index >= 15 is 0 Å². The number of Topliss-reactive ketones (excluding diaryl/α,β-unsaturated/α-hetero) is 1. The molecule has 0 N–H and O–H groups in total. The number of aromatic nitrogens is 1. The molecular weight excluding hydrogens is 190 g/mol. The molecule has 0 radical (unpaired) electrons. The molecule has 0 spiro atoms. The van der Waals surface area contributed by atoms with Crippen molar-refractivity contribution in [2.75, 3.05) is 0 Å². The summed E-state index contributed by atoms with van der Waals surface area (Å²) >= 11 is 0. The number of nitrogens with zero attached hydrogens (tertiary/aromatic N) is 3. The molecule has 0 fully saturated rings. The first-order valence-electron chi connectivity index (χ1n) is 4.50. The molecule has 0 aliphatic heterocycles. The molecule has 0 saturated heterocycles. The maximum atomic E-state index is 11.5. The number of carbonyl (C=O) groups is 1. The summed E-state index contributed by atoms with van der Waals surface area (Å²) in [6.45, 7) is 0. The van der Waals surface area contributed by atoms with Crippen molar-refractivity contribution in [3.8, 4) is 0 Å². The third-order valence-corrected chi connectivity index (χ3v) is 2.38. The predicted molar refractivity (Wildman–Crippen MR) is 56.9 cm³/mol. The fraction of sp³-hybridized carbons (Fsp3) is 0.0909. The topological polar surface area (TPSA) is 58.4 Å². The number of rotatable bonds is 2. The van der Waals surface area contributed by atoms with Gasteiger partial charge in [-0.3, -0.25) is 4.79 Å². The average molecular weight is 199 g/mol. The van der Waals surface area contributed by atoms with Crippen molar-refractivity contribution in [2.45, 2.75) is 0 Å². The maximum absolute atomic E-state index is 11.5. The van der Waals surface area contributed by atoms with Gasteiger partial charge in [-0.15, -0.1) is 0 Å². The Balaban J connectivity index is 2.68. The molecule has 15 heavy (non-hydrogen) atoms. The second-order valence-electron chi connectivity index (χ2n) is 3.26. The molecular formula is C11H9N3O. The molecule has 0 saturated carbocycles. The molecule has 4 nitrogen and oxygen atoms in total. The van der Waals surface area contributed by atoms with Gasteiger partial charge in [-0.1, -0.05) is 18.2 Å². The van der Waals surface area contributed by atoms with Crippen LogP contribution >= 0.6 is 0 Å². The molecule has 1 aromatic carbocycles. The molecule has 0 unspecified atom stereocenters. The van der Waals surface area contributed by atoms with Crippen molar-refractivity contribution in [1.82, 2.24) is 4.57 Å². The van der Waals surface area contributed by atoms with Crippen LogP contribution in [-0.2, 0) is 7.05 Å². The highest BCUT2D eigenvalue weighted by atomic mass is 16.1. The summed E-state index contributed by atoms with van der Waals surface area (Å²) in [5.41, 5.74) is 9.79. The number of aryl methyl sites for hydroxylation is 1. The minimum atomic E-state index is -0.309. The minimum absolute atomic E-state index is 0.309. The highest BCUT2D eigenvalue weighted by Crippen LogP contribution is 2.17. The van der Waals surface area contributed by atoms with Gasteiger partial charge in [0.25, 0.3) is 5.78 Å². The highest BCUT2D eigenvalue weighted by molar-refractivity contribution is 6.33. The Kier molecular flexibility index (Phi) is 2.20. The number of hydrogen-bond acceptors (Lipinski definition) is 1. The van der Waals surface area contributed by atoms with Gasteiger partial charge in [0.2, 0.25) is 0 Å². The van der Waals surface area contributed by atoms with Crippen LogP contribution < -0.4 is 0 Å². The van der Waals surface area contributed by atoms with Gasteiger partial charge in [0.1, 0.15) is 0 Å². The van der Waals surface area contributed by atoms with Crippen molar-refractivity contribution in [2.24, 2.45) is 7.05 Å². The van der Waals surface area contributed by atoms with Gasteiger partial charge in [0.05, 0.1) is 5.69 Å². The molecule has 0 atom stereocenters. The monoisotopic (exact) mass is 199 g/mol. The fourth-order valence-electron chi connectivity index (χ4n) is 1.64. The number of benzene rings is 1. The van der Waals surface area contributed by atoms with Crippen LogP contribution in [0.5, 0.6) is 0 Å². The SMILES string of the molecule is Cn1c(C(=O)C=[N+]=[N-])cc2ccccc21. The van der Waals surface area contributed by atoms with Gasteiger partial charge >= 0.3 is 6.21 Å². The van der Waals surface area contributed by atoms with Crippen molar-refractivity contribution in [3.05, 3.63) is 41.6 Å². The molecule has 2 rings (SSSR count). The van der Waals surface area contributed by atoms with Gasteiger partial charge in [-0.2, -0.15) is 4.79 Å². The molecule has 0 aliphatic rings. The lowest BCUT2D eigenvalue weighted by Gasteiger charge is -1.97. The Bertz CT molecular complexity index is 577. The van der Waals surface area contributed by atoms with Gasteiger partial charge < -0.3 is 10.1 Å². The fourth-order valence-corrected chi connectivity index (χ4v) is 1.64. The van der Waals surface area contributed by atoms with Gasteiger partial charge in [0.15, 0.2) is 0 Å². The summed E-state index contributed by atoms with van der Waals surface area (Å²) in [7, 11) is 1.81. The summed E-state index contributed by atoms with van der Waals surface area (Å²) < 4.78 is 1.78. The van der Waals surface area contributed by atoms with E-state index in [2.05, 4.69) is 4.79 Å². The smallest absolute Gasteiger partial charge is 0.329 e. The molecule has 2 aromatic rings. The normalized spacial score (nSPS) is 9.93. The van der Waals surface area contributed by atoms with E-state index in [-0.39, 0.29) is 5.78 Å². The lowest BCUT2D eigenvalue weighted by atomic mass is 10.2. The Labute approximate surface area is 86.4 Å². The van der Waals surface area contributed by atoms with Gasteiger partial charge in [0, 0.05) is 18.0 Å². The van der Waals surface area contributed by atoms with Crippen LogP contribution in [0, 0.1) is 0 Å². The van der Waals surface area contributed by atoms with Crippen LogP contribution in [-0.4, -0.2) is 21.4 Å². The maximum Gasteiger partial charge on any atom is 0.329 e. The third-order valence-electron chi connectivity index (χ3n) is 2.38. The van der Waals surface area contributed by atoms with Crippen molar-refractivity contribution < 1.29 is 9.58 Å². The van der Waals surface area contributed by atoms with Gasteiger partial charge in [-0.25, -0.2) is 0 Å². The zero-order valence-electron chi connectivity index (χ0n) is 8.21. The number of hydrogen-bond donors (Lipinski definition) is 0. The van der Waals surface area contributed by atoms with Crippen molar-refractivity contribution in [1.29, 1.82) is 0 Å². The molecule has 74 valence electrons. The second kappa shape index (κ2) is 3.52. The summed E-state index contributed by atoms with van der Waals surface area (Å²) in [5.74, 6) is -0.309. The van der Waals surface area contributed by atoms with E-state index in [1.165, 1.54) is 0 Å². The highest BCUT2D eigenvalue weighted by Gasteiger charge is 2.13. The number of para-hydroxylation sites is 1. The molecule has 1 heterocycles. The van der Waals surface area contributed by atoms with Crippen molar-refractivity contribution >= 4 is 22.9 Å². The third kappa shape index (κ3) is 1.47. The number of carbonyl (C=O) groups excluding carboxylic acids is 1. The lowest BCUT2D eigenvalue weighted by Crippen LogP contribution is -2.06. The zero-order chi connectivity index (χ0) is 10.8. The standard InChI is InChI=1S/C11H9N3O/c1-14-9-5-3-2-4-8(9)6-10(14)11(15)7-13-12/h2-7H,1H3. The number of fused-ring (bicyclic) bond motifs is 1. The van der Waals surface area contributed by atoms with E-state index in [0.29, 0.717) is 5.69 Å². The van der Waals surface area contributed by atoms with E-state index in [4.69, 9.17) is 5.53 Å². The quantitative estimate of drug-likeness (QED) is 0.314. The molecule has 4 heteroatoms. The summed E-state index contributed by atoms with van der Waals surface area (Å²) in [6, 6.07) is 9.47. The van der Waals surface area contributed by atoms with Crippen LogP contribution in [0.3, 0.4) is 0 Å². The van der Waals surface area contributed by atoms with E-state index in [1.54, 1.807) is 17.7 Å². The summed E-state index contributed by atoms with van der Waals surface area (Å²) in [6.07, 6.45) is 0.897. The molecule has 0 amide bonds. The Morgan fingerprint density at radius 2 is 2.20 bits per heavy atom. The van der Waals surface area contributed by atoms with Crippen LogP contribution in [0.4, 0.5) is 0 Å². The van der Waals surface area contributed by atoms with E-state index in [9.17, 15) is 4.79 Å². The predicted octanol–water partition coefficient (Wildman–Crippen LogP) is 1.66. The minimum Gasteiger partial charge on any atom is -0.361 e. The van der Waals surface area contributed by atoms with Crippen LogP contribution in [0.15, 0.2) is 30.3 Å². The second-order valence-corrected chi connectivity index (χ2v) is 3.26. The Hall–Kier alpha value is -2.19. The van der Waals surface area contributed by atoms with Crippen LogP contribution in [0.25, 0.3) is 16.4 Å².